The molecule has 1 rings (SSSR count). The summed E-state index contributed by atoms with van der Waals surface area (Å²) in [5.41, 5.74) is 1.05. The summed E-state index contributed by atoms with van der Waals surface area (Å²) in [4.78, 5) is 0. The molecule has 0 aliphatic rings. The molecular formula is C13H19NO. The van der Waals surface area contributed by atoms with Gasteiger partial charge >= 0.3 is 0 Å². The van der Waals surface area contributed by atoms with Gasteiger partial charge in [0.15, 0.2) is 0 Å². The molecule has 0 aromatic heterocycles. The lowest BCUT2D eigenvalue weighted by atomic mass is 10.1. The zero-order chi connectivity index (χ0) is 11.1. The third-order valence-electron chi connectivity index (χ3n) is 2.31. The van der Waals surface area contributed by atoms with Gasteiger partial charge in [-0.2, -0.15) is 0 Å². The molecule has 0 spiro atoms. The normalized spacial score (nSPS) is 11.9. The highest BCUT2D eigenvalue weighted by Crippen LogP contribution is 2.24. The fraction of sp³-hybridized carbons (Fsp3) is 0.385. The van der Waals surface area contributed by atoms with Crippen molar-refractivity contribution < 1.29 is 4.74 Å². The number of hydrogen-bond acceptors (Lipinski definition) is 2. The Kier molecular flexibility index (Phi) is 4.75. The Labute approximate surface area is 92.0 Å². The van der Waals surface area contributed by atoms with Crippen molar-refractivity contribution in [1.29, 1.82) is 0 Å². The van der Waals surface area contributed by atoms with E-state index in [9.17, 15) is 0 Å². The molecule has 0 fully saturated rings. The van der Waals surface area contributed by atoms with Crippen molar-refractivity contribution in [2.45, 2.75) is 25.8 Å². The van der Waals surface area contributed by atoms with Crippen LogP contribution >= 0.6 is 0 Å². The number of allylic oxidation sites excluding steroid dienone is 1. The van der Waals surface area contributed by atoms with Gasteiger partial charge in [-0.3, -0.25) is 0 Å². The molecule has 0 saturated heterocycles. The molecule has 2 heteroatoms. The average molecular weight is 205 g/mol. The summed E-state index contributed by atoms with van der Waals surface area (Å²) in [7, 11) is 1.69. The molecule has 0 bridgehead atoms. The molecule has 1 aromatic rings. The topological polar surface area (TPSA) is 21.3 Å². The second kappa shape index (κ2) is 6.12. The minimum atomic E-state index is 0.430. The van der Waals surface area contributed by atoms with E-state index in [2.05, 4.69) is 18.8 Å². The minimum absolute atomic E-state index is 0.430. The molecule has 1 unspecified atom stereocenters. The predicted octanol–water partition coefficient (Wildman–Crippen LogP) is 3.46. The van der Waals surface area contributed by atoms with Crippen molar-refractivity contribution >= 4 is 5.69 Å². The number of rotatable bonds is 6. The Bertz CT molecular complexity index is 309. The molecule has 0 radical (unpaired) electrons. The van der Waals surface area contributed by atoms with Gasteiger partial charge in [0.05, 0.1) is 12.8 Å². The number of benzene rings is 1. The third kappa shape index (κ3) is 3.66. The molecule has 0 amide bonds. The smallest absolute Gasteiger partial charge is 0.141 e. The van der Waals surface area contributed by atoms with Crippen LogP contribution in [-0.4, -0.2) is 13.2 Å². The van der Waals surface area contributed by atoms with E-state index >= 15 is 0 Å². The van der Waals surface area contributed by atoms with Crippen LogP contribution in [0.5, 0.6) is 5.75 Å². The first kappa shape index (κ1) is 11.6. The van der Waals surface area contributed by atoms with Gasteiger partial charge in [-0.05, 0) is 31.9 Å². The quantitative estimate of drug-likeness (QED) is 0.718. The number of hydrogen-bond donors (Lipinski definition) is 1. The first-order chi connectivity index (χ1) is 7.27. The molecule has 82 valence electrons. The summed E-state index contributed by atoms with van der Waals surface area (Å²) in [5.74, 6) is 0.892. The van der Waals surface area contributed by atoms with Crippen LogP contribution in [-0.2, 0) is 0 Å². The van der Waals surface area contributed by atoms with Crippen LogP contribution in [0.4, 0.5) is 5.69 Å². The van der Waals surface area contributed by atoms with Crippen molar-refractivity contribution in [2.75, 3.05) is 12.4 Å². The molecule has 0 heterocycles. The van der Waals surface area contributed by atoms with Crippen LogP contribution in [0.3, 0.4) is 0 Å². The molecule has 1 atom stereocenters. The molecule has 15 heavy (non-hydrogen) atoms. The maximum absolute atomic E-state index is 5.27. The maximum Gasteiger partial charge on any atom is 0.141 e. The molecule has 0 aliphatic heterocycles. The lowest BCUT2D eigenvalue weighted by molar-refractivity contribution is 0.416. The monoisotopic (exact) mass is 205 g/mol. The summed E-state index contributed by atoms with van der Waals surface area (Å²) < 4.78 is 5.27. The highest BCUT2D eigenvalue weighted by atomic mass is 16.5. The fourth-order valence-electron chi connectivity index (χ4n) is 1.47. The standard InChI is InChI=1S/C13H19NO/c1-4-5-8-11(2)14-12-9-6-7-10-13(12)15-3/h4,6-7,9-11,14H,1,5,8H2,2-3H3. The molecule has 2 nitrogen and oxygen atoms in total. The van der Waals surface area contributed by atoms with Crippen LogP contribution in [0, 0.1) is 0 Å². The Morgan fingerprint density at radius 2 is 2.20 bits per heavy atom. The van der Waals surface area contributed by atoms with E-state index in [-0.39, 0.29) is 0 Å². The second-order valence-electron chi connectivity index (χ2n) is 3.61. The summed E-state index contributed by atoms with van der Waals surface area (Å²) in [6.45, 7) is 5.88. The van der Waals surface area contributed by atoms with Crippen LogP contribution in [0.25, 0.3) is 0 Å². The lowest BCUT2D eigenvalue weighted by Gasteiger charge is -2.16. The van der Waals surface area contributed by atoms with Gasteiger partial charge in [-0.15, -0.1) is 6.58 Å². The Morgan fingerprint density at radius 3 is 2.87 bits per heavy atom. The Hall–Kier alpha value is -1.44. The van der Waals surface area contributed by atoms with E-state index < -0.39 is 0 Å². The minimum Gasteiger partial charge on any atom is -0.495 e. The Morgan fingerprint density at radius 1 is 1.47 bits per heavy atom. The summed E-state index contributed by atoms with van der Waals surface area (Å²) in [6.07, 6.45) is 4.06. The van der Waals surface area contributed by atoms with E-state index in [0.717, 1.165) is 24.3 Å². The van der Waals surface area contributed by atoms with Crippen LogP contribution in [0.1, 0.15) is 19.8 Å². The summed E-state index contributed by atoms with van der Waals surface area (Å²) in [5, 5.41) is 3.42. The van der Waals surface area contributed by atoms with Gasteiger partial charge < -0.3 is 10.1 Å². The molecule has 1 N–H and O–H groups in total. The zero-order valence-corrected chi connectivity index (χ0v) is 9.49. The largest absolute Gasteiger partial charge is 0.495 e. The molecule has 0 saturated carbocycles. The average Bonchev–Trinajstić information content (AvgIpc) is 2.27. The second-order valence-corrected chi connectivity index (χ2v) is 3.61. The van der Waals surface area contributed by atoms with Gasteiger partial charge in [0.25, 0.3) is 0 Å². The molecular weight excluding hydrogens is 186 g/mol. The van der Waals surface area contributed by atoms with Crippen molar-refractivity contribution in [3.8, 4) is 5.75 Å². The van der Waals surface area contributed by atoms with E-state index in [1.165, 1.54) is 0 Å². The molecule has 0 aliphatic carbocycles. The van der Waals surface area contributed by atoms with Gasteiger partial charge in [0.2, 0.25) is 0 Å². The number of methoxy groups -OCH3 is 1. The number of nitrogens with one attached hydrogen (secondary N) is 1. The third-order valence-corrected chi connectivity index (χ3v) is 2.31. The number of para-hydroxylation sites is 2. The SMILES string of the molecule is C=CCCC(C)Nc1ccccc1OC. The highest BCUT2D eigenvalue weighted by molar-refractivity contribution is 5.56. The van der Waals surface area contributed by atoms with Crippen molar-refractivity contribution in [3.05, 3.63) is 36.9 Å². The number of anilines is 1. The zero-order valence-electron chi connectivity index (χ0n) is 9.49. The highest BCUT2D eigenvalue weighted by Gasteiger charge is 2.04. The van der Waals surface area contributed by atoms with E-state index in [4.69, 9.17) is 4.74 Å². The van der Waals surface area contributed by atoms with Crippen LogP contribution in [0.15, 0.2) is 36.9 Å². The predicted molar refractivity (Wildman–Crippen MR) is 65.5 cm³/mol. The summed E-state index contributed by atoms with van der Waals surface area (Å²) >= 11 is 0. The van der Waals surface area contributed by atoms with Crippen LogP contribution < -0.4 is 10.1 Å². The van der Waals surface area contributed by atoms with Crippen molar-refractivity contribution in [3.63, 3.8) is 0 Å². The maximum atomic E-state index is 5.27. The van der Waals surface area contributed by atoms with Gasteiger partial charge in [-0.25, -0.2) is 0 Å². The van der Waals surface area contributed by atoms with E-state index in [0.29, 0.717) is 6.04 Å². The van der Waals surface area contributed by atoms with E-state index in [1.54, 1.807) is 7.11 Å². The first-order valence-corrected chi connectivity index (χ1v) is 5.28. The van der Waals surface area contributed by atoms with Gasteiger partial charge in [0, 0.05) is 6.04 Å². The fourth-order valence-corrected chi connectivity index (χ4v) is 1.47. The summed E-state index contributed by atoms with van der Waals surface area (Å²) in [6, 6.07) is 8.40. The van der Waals surface area contributed by atoms with Crippen molar-refractivity contribution in [2.24, 2.45) is 0 Å². The van der Waals surface area contributed by atoms with Gasteiger partial charge in [0.1, 0.15) is 5.75 Å². The number of ether oxygens (including phenoxy) is 1. The first-order valence-electron chi connectivity index (χ1n) is 5.28. The molecule has 1 aromatic carbocycles. The van der Waals surface area contributed by atoms with E-state index in [1.807, 2.05) is 30.3 Å². The van der Waals surface area contributed by atoms with Crippen molar-refractivity contribution in [1.82, 2.24) is 0 Å². The lowest BCUT2D eigenvalue weighted by Crippen LogP contribution is -2.15. The van der Waals surface area contributed by atoms with Crippen LogP contribution in [0.2, 0.25) is 0 Å². The Balaban J connectivity index is 2.58. The van der Waals surface area contributed by atoms with Gasteiger partial charge in [-0.1, -0.05) is 18.2 Å².